The standard InChI is InChI=1S/C6H9IN2O/c1-5-6(7)4-9(8-5)2-3-10/h4,10H,2-3H2,1H3. The first-order valence-electron chi connectivity index (χ1n) is 3.04. The van der Waals surface area contributed by atoms with Crippen molar-refractivity contribution in [1.29, 1.82) is 0 Å². The lowest BCUT2D eigenvalue weighted by Crippen LogP contribution is -2.02. The van der Waals surface area contributed by atoms with Gasteiger partial charge in [0.05, 0.1) is 22.4 Å². The molecule has 0 aromatic carbocycles. The van der Waals surface area contributed by atoms with E-state index < -0.39 is 0 Å². The van der Waals surface area contributed by atoms with Crippen LogP contribution in [0.2, 0.25) is 0 Å². The van der Waals surface area contributed by atoms with Crippen molar-refractivity contribution < 1.29 is 5.11 Å². The molecule has 4 heteroatoms. The fourth-order valence-electron chi connectivity index (χ4n) is 0.711. The monoisotopic (exact) mass is 252 g/mol. The lowest BCUT2D eigenvalue weighted by molar-refractivity contribution is 0.269. The molecule has 0 spiro atoms. The Balaban J connectivity index is 2.77. The van der Waals surface area contributed by atoms with Crippen LogP contribution in [0.1, 0.15) is 5.69 Å². The maximum Gasteiger partial charge on any atom is 0.0727 e. The van der Waals surface area contributed by atoms with Crippen molar-refractivity contribution in [3.63, 3.8) is 0 Å². The number of aromatic nitrogens is 2. The van der Waals surface area contributed by atoms with E-state index in [1.807, 2.05) is 13.1 Å². The summed E-state index contributed by atoms with van der Waals surface area (Å²) in [4.78, 5) is 0. The highest BCUT2D eigenvalue weighted by atomic mass is 127. The predicted molar refractivity (Wildman–Crippen MR) is 46.8 cm³/mol. The molecular weight excluding hydrogens is 243 g/mol. The quantitative estimate of drug-likeness (QED) is 0.790. The fourth-order valence-corrected chi connectivity index (χ4v) is 1.14. The third kappa shape index (κ3) is 1.69. The molecule has 0 saturated carbocycles. The first-order chi connectivity index (χ1) is 4.74. The topological polar surface area (TPSA) is 38.0 Å². The van der Waals surface area contributed by atoms with Crippen molar-refractivity contribution in [2.45, 2.75) is 13.5 Å². The van der Waals surface area contributed by atoms with Gasteiger partial charge in [-0.3, -0.25) is 4.68 Å². The molecule has 0 aliphatic heterocycles. The Labute approximate surface area is 73.2 Å². The van der Waals surface area contributed by atoms with Gasteiger partial charge in [0, 0.05) is 6.20 Å². The minimum Gasteiger partial charge on any atom is -0.394 e. The van der Waals surface area contributed by atoms with E-state index in [1.54, 1.807) is 4.68 Å². The van der Waals surface area contributed by atoms with Crippen molar-refractivity contribution in [2.75, 3.05) is 6.61 Å². The van der Waals surface area contributed by atoms with Gasteiger partial charge in [-0.2, -0.15) is 5.10 Å². The van der Waals surface area contributed by atoms with Crippen molar-refractivity contribution in [3.05, 3.63) is 15.5 Å². The van der Waals surface area contributed by atoms with Gasteiger partial charge in [-0.15, -0.1) is 0 Å². The SMILES string of the molecule is Cc1nn(CCO)cc1I. The Morgan fingerprint density at radius 2 is 2.50 bits per heavy atom. The number of halogens is 1. The predicted octanol–water partition coefficient (Wildman–Crippen LogP) is 0.788. The Hall–Kier alpha value is -0.100. The van der Waals surface area contributed by atoms with Crippen LogP contribution in [0.5, 0.6) is 0 Å². The second kappa shape index (κ2) is 3.34. The summed E-state index contributed by atoms with van der Waals surface area (Å²) in [5.41, 5.74) is 1.02. The maximum absolute atomic E-state index is 8.56. The van der Waals surface area contributed by atoms with Gasteiger partial charge >= 0.3 is 0 Å². The molecule has 3 nitrogen and oxygen atoms in total. The molecule has 1 aromatic rings. The van der Waals surface area contributed by atoms with Crippen LogP contribution in [0, 0.1) is 10.5 Å². The van der Waals surface area contributed by atoms with Gasteiger partial charge in [0.25, 0.3) is 0 Å². The highest BCUT2D eigenvalue weighted by molar-refractivity contribution is 14.1. The smallest absolute Gasteiger partial charge is 0.0727 e. The van der Waals surface area contributed by atoms with Crippen molar-refractivity contribution in [1.82, 2.24) is 9.78 Å². The molecule has 10 heavy (non-hydrogen) atoms. The van der Waals surface area contributed by atoms with E-state index in [1.165, 1.54) is 0 Å². The molecule has 0 aliphatic rings. The number of hydrogen-bond donors (Lipinski definition) is 1. The van der Waals surface area contributed by atoms with Crippen LogP contribution in [0.4, 0.5) is 0 Å². The summed E-state index contributed by atoms with van der Waals surface area (Å²) in [5.74, 6) is 0. The summed E-state index contributed by atoms with van der Waals surface area (Å²) in [6.45, 7) is 2.69. The van der Waals surface area contributed by atoms with Gasteiger partial charge in [-0.25, -0.2) is 0 Å². The molecule has 1 rings (SSSR count). The molecular formula is C6H9IN2O. The third-order valence-corrected chi connectivity index (χ3v) is 2.27. The molecule has 0 amide bonds. The molecule has 1 aromatic heterocycles. The van der Waals surface area contributed by atoms with Crippen LogP contribution in [0.3, 0.4) is 0 Å². The second-order valence-corrected chi connectivity index (χ2v) is 3.21. The zero-order valence-electron chi connectivity index (χ0n) is 5.71. The van der Waals surface area contributed by atoms with Gasteiger partial charge in [0.15, 0.2) is 0 Å². The largest absolute Gasteiger partial charge is 0.394 e. The van der Waals surface area contributed by atoms with E-state index in [9.17, 15) is 0 Å². The number of nitrogens with zero attached hydrogens (tertiary/aromatic N) is 2. The minimum atomic E-state index is 0.150. The molecule has 0 fully saturated rings. The number of hydrogen-bond acceptors (Lipinski definition) is 2. The van der Waals surface area contributed by atoms with Crippen molar-refractivity contribution in [3.8, 4) is 0 Å². The molecule has 56 valence electrons. The molecule has 0 bridgehead atoms. The molecule has 0 unspecified atom stereocenters. The average Bonchev–Trinajstić information content (AvgIpc) is 2.14. The first kappa shape index (κ1) is 8.00. The van der Waals surface area contributed by atoms with Gasteiger partial charge < -0.3 is 5.11 Å². The second-order valence-electron chi connectivity index (χ2n) is 2.05. The van der Waals surface area contributed by atoms with E-state index >= 15 is 0 Å². The Kier molecular flexibility index (Phi) is 2.67. The normalized spacial score (nSPS) is 10.3. The highest BCUT2D eigenvalue weighted by Gasteiger charge is 1.98. The Morgan fingerprint density at radius 1 is 1.80 bits per heavy atom. The van der Waals surface area contributed by atoms with Gasteiger partial charge in [-0.05, 0) is 29.5 Å². The van der Waals surface area contributed by atoms with Crippen LogP contribution < -0.4 is 0 Å². The summed E-state index contributed by atoms with van der Waals surface area (Å²) < 4.78 is 2.89. The van der Waals surface area contributed by atoms with Gasteiger partial charge in [0.2, 0.25) is 0 Å². The van der Waals surface area contributed by atoms with E-state index in [0.717, 1.165) is 9.26 Å². The van der Waals surface area contributed by atoms with E-state index in [2.05, 4.69) is 27.7 Å². The molecule has 1 heterocycles. The van der Waals surface area contributed by atoms with E-state index in [0.29, 0.717) is 6.54 Å². The average molecular weight is 252 g/mol. The first-order valence-corrected chi connectivity index (χ1v) is 4.12. The zero-order valence-corrected chi connectivity index (χ0v) is 7.87. The number of rotatable bonds is 2. The number of aliphatic hydroxyl groups excluding tert-OH is 1. The summed E-state index contributed by atoms with van der Waals surface area (Å²) in [5, 5.41) is 12.7. The molecule has 0 atom stereocenters. The number of aliphatic hydroxyl groups is 1. The lowest BCUT2D eigenvalue weighted by atomic mass is 10.5. The molecule has 0 aliphatic carbocycles. The molecule has 0 radical (unpaired) electrons. The lowest BCUT2D eigenvalue weighted by Gasteiger charge is -1.93. The van der Waals surface area contributed by atoms with Gasteiger partial charge in [0.1, 0.15) is 0 Å². The van der Waals surface area contributed by atoms with E-state index in [4.69, 9.17) is 5.11 Å². The van der Waals surface area contributed by atoms with Crippen molar-refractivity contribution >= 4 is 22.6 Å². The summed E-state index contributed by atoms with van der Waals surface area (Å²) in [6.07, 6.45) is 1.92. The van der Waals surface area contributed by atoms with E-state index in [-0.39, 0.29) is 6.61 Å². The summed E-state index contributed by atoms with van der Waals surface area (Å²) in [7, 11) is 0. The van der Waals surface area contributed by atoms with Crippen LogP contribution in [0.15, 0.2) is 6.20 Å². The maximum atomic E-state index is 8.56. The minimum absolute atomic E-state index is 0.150. The van der Waals surface area contributed by atoms with Crippen LogP contribution in [-0.4, -0.2) is 21.5 Å². The fraction of sp³-hybridized carbons (Fsp3) is 0.500. The van der Waals surface area contributed by atoms with Crippen molar-refractivity contribution in [2.24, 2.45) is 0 Å². The van der Waals surface area contributed by atoms with Crippen LogP contribution in [0.25, 0.3) is 0 Å². The summed E-state index contributed by atoms with van der Waals surface area (Å²) in [6, 6.07) is 0. The highest BCUT2D eigenvalue weighted by Crippen LogP contribution is 2.07. The molecule has 0 saturated heterocycles. The third-order valence-electron chi connectivity index (χ3n) is 1.22. The Bertz CT molecular complexity index is 202. The Morgan fingerprint density at radius 3 is 2.90 bits per heavy atom. The molecule has 1 N–H and O–H groups in total. The zero-order chi connectivity index (χ0) is 7.56. The van der Waals surface area contributed by atoms with Crippen LogP contribution in [-0.2, 0) is 6.54 Å². The number of aryl methyl sites for hydroxylation is 1. The van der Waals surface area contributed by atoms with Gasteiger partial charge in [-0.1, -0.05) is 0 Å². The van der Waals surface area contributed by atoms with Crippen LogP contribution >= 0.6 is 22.6 Å². The summed E-state index contributed by atoms with van der Waals surface area (Å²) >= 11 is 2.22.